The Balaban J connectivity index is 2.40. The first kappa shape index (κ1) is 17.1. The molecule has 0 spiro atoms. The molecule has 1 aromatic rings. The van der Waals surface area contributed by atoms with E-state index in [-0.39, 0.29) is 0 Å². The smallest absolute Gasteiger partial charge is 0.0662 e. The lowest BCUT2D eigenvalue weighted by atomic mass is 10.1. The molecule has 116 valence electrons. The summed E-state index contributed by atoms with van der Waals surface area (Å²) in [6.45, 7) is 11.4. The highest BCUT2D eigenvalue weighted by atomic mass is 16.5. The standard InChI is InChI=1S/C15H29N3O2/c1-5-10-20-12-9-18-14(3)15(13(2)17-18)6-7-16-8-11-19-4/h16H,5-12H2,1-4H3. The van der Waals surface area contributed by atoms with Crippen molar-refractivity contribution in [2.24, 2.45) is 0 Å². The summed E-state index contributed by atoms with van der Waals surface area (Å²) in [6.07, 6.45) is 2.08. The van der Waals surface area contributed by atoms with Gasteiger partial charge in [-0.1, -0.05) is 6.92 Å². The highest BCUT2D eigenvalue weighted by Crippen LogP contribution is 2.13. The molecule has 0 bridgehead atoms. The zero-order valence-electron chi connectivity index (χ0n) is 13.4. The number of hydrogen-bond acceptors (Lipinski definition) is 4. The Morgan fingerprint density at radius 2 is 1.95 bits per heavy atom. The van der Waals surface area contributed by atoms with Crippen LogP contribution in [0, 0.1) is 13.8 Å². The molecular formula is C15H29N3O2. The molecule has 0 aliphatic heterocycles. The summed E-state index contributed by atoms with van der Waals surface area (Å²) in [5.74, 6) is 0. The second-order valence-corrected chi connectivity index (χ2v) is 4.98. The van der Waals surface area contributed by atoms with Crippen molar-refractivity contribution in [1.29, 1.82) is 0 Å². The molecule has 5 nitrogen and oxygen atoms in total. The molecule has 5 heteroatoms. The van der Waals surface area contributed by atoms with Gasteiger partial charge in [0, 0.05) is 26.0 Å². The van der Waals surface area contributed by atoms with Crippen LogP contribution in [-0.4, -0.2) is 49.8 Å². The largest absolute Gasteiger partial charge is 0.383 e. The summed E-state index contributed by atoms with van der Waals surface area (Å²) in [5, 5.41) is 7.98. The molecule has 1 rings (SSSR count). The molecule has 0 fully saturated rings. The predicted octanol–water partition coefficient (Wildman–Crippen LogP) is 1.71. The minimum Gasteiger partial charge on any atom is -0.383 e. The maximum Gasteiger partial charge on any atom is 0.0662 e. The Kier molecular flexibility index (Phi) is 8.49. The van der Waals surface area contributed by atoms with E-state index in [1.165, 1.54) is 11.3 Å². The third-order valence-corrected chi connectivity index (χ3v) is 3.36. The lowest BCUT2D eigenvalue weighted by Crippen LogP contribution is -2.22. The van der Waals surface area contributed by atoms with Crippen molar-refractivity contribution < 1.29 is 9.47 Å². The van der Waals surface area contributed by atoms with E-state index >= 15 is 0 Å². The van der Waals surface area contributed by atoms with E-state index < -0.39 is 0 Å². The quantitative estimate of drug-likeness (QED) is 0.628. The first-order valence-corrected chi connectivity index (χ1v) is 7.51. The number of rotatable bonds is 11. The van der Waals surface area contributed by atoms with Crippen molar-refractivity contribution in [1.82, 2.24) is 15.1 Å². The molecule has 0 amide bonds. The highest BCUT2D eigenvalue weighted by Gasteiger charge is 2.10. The molecule has 0 aliphatic rings. The van der Waals surface area contributed by atoms with Crippen LogP contribution in [0.25, 0.3) is 0 Å². The fourth-order valence-electron chi connectivity index (χ4n) is 2.22. The van der Waals surface area contributed by atoms with Gasteiger partial charge < -0.3 is 14.8 Å². The number of aryl methyl sites for hydroxylation is 1. The normalized spacial score (nSPS) is 11.2. The molecule has 0 aliphatic carbocycles. The van der Waals surface area contributed by atoms with Gasteiger partial charge in [-0.25, -0.2) is 0 Å². The van der Waals surface area contributed by atoms with Crippen molar-refractivity contribution in [3.8, 4) is 0 Å². The number of methoxy groups -OCH3 is 1. The molecule has 20 heavy (non-hydrogen) atoms. The lowest BCUT2D eigenvalue weighted by molar-refractivity contribution is 0.124. The first-order chi connectivity index (χ1) is 9.70. The van der Waals surface area contributed by atoms with Gasteiger partial charge in [0.15, 0.2) is 0 Å². The van der Waals surface area contributed by atoms with Crippen LogP contribution in [-0.2, 0) is 22.4 Å². The van der Waals surface area contributed by atoms with Crippen molar-refractivity contribution >= 4 is 0 Å². The SMILES string of the molecule is CCCOCCn1nc(C)c(CCNCCOC)c1C. The van der Waals surface area contributed by atoms with Gasteiger partial charge in [0.1, 0.15) is 0 Å². The van der Waals surface area contributed by atoms with E-state index in [2.05, 4.69) is 35.9 Å². The summed E-state index contributed by atoms with van der Waals surface area (Å²) in [7, 11) is 1.72. The van der Waals surface area contributed by atoms with E-state index in [9.17, 15) is 0 Å². The molecule has 0 radical (unpaired) electrons. The van der Waals surface area contributed by atoms with Gasteiger partial charge in [-0.2, -0.15) is 5.10 Å². The van der Waals surface area contributed by atoms with E-state index in [1.807, 2.05) is 0 Å². The van der Waals surface area contributed by atoms with Crippen LogP contribution in [0.2, 0.25) is 0 Å². The summed E-state index contributed by atoms with van der Waals surface area (Å²) < 4.78 is 12.6. The van der Waals surface area contributed by atoms with Crippen LogP contribution in [0.4, 0.5) is 0 Å². The maximum absolute atomic E-state index is 5.53. The average molecular weight is 283 g/mol. The number of nitrogens with zero attached hydrogens (tertiary/aromatic N) is 2. The summed E-state index contributed by atoms with van der Waals surface area (Å²) in [4.78, 5) is 0. The van der Waals surface area contributed by atoms with E-state index in [0.29, 0.717) is 0 Å². The van der Waals surface area contributed by atoms with Crippen LogP contribution in [0.3, 0.4) is 0 Å². The third-order valence-electron chi connectivity index (χ3n) is 3.36. The van der Waals surface area contributed by atoms with Crippen molar-refractivity contribution in [2.45, 2.75) is 40.2 Å². The second kappa shape index (κ2) is 9.91. The van der Waals surface area contributed by atoms with Gasteiger partial charge in [-0.15, -0.1) is 0 Å². The Bertz CT molecular complexity index is 377. The minimum atomic E-state index is 0.737. The molecule has 0 aromatic carbocycles. The molecule has 1 N–H and O–H groups in total. The fraction of sp³-hybridized carbons (Fsp3) is 0.800. The average Bonchev–Trinajstić information content (AvgIpc) is 2.70. The Morgan fingerprint density at radius 1 is 1.15 bits per heavy atom. The predicted molar refractivity (Wildman–Crippen MR) is 81.3 cm³/mol. The number of nitrogens with one attached hydrogen (secondary N) is 1. The molecule has 1 heterocycles. The topological polar surface area (TPSA) is 48.3 Å². The van der Waals surface area contributed by atoms with Crippen molar-refractivity contribution in [2.75, 3.05) is 40.0 Å². The van der Waals surface area contributed by atoms with Crippen molar-refractivity contribution in [3.05, 3.63) is 17.0 Å². The Morgan fingerprint density at radius 3 is 2.65 bits per heavy atom. The molecule has 0 saturated heterocycles. The van der Waals surface area contributed by atoms with Crippen LogP contribution in [0.1, 0.15) is 30.3 Å². The van der Waals surface area contributed by atoms with Crippen LogP contribution >= 0.6 is 0 Å². The van der Waals surface area contributed by atoms with E-state index in [1.54, 1.807) is 7.11 Å². The van der Waals surface area contributed by atoms with Gasteiger partial charge in [0.05, 0.1) is 25.5 Å². The molecule has 1 aromatic heterocycles. The third kappa shape index (κ3) is 5.61. The van der Waals surface area contributed by atoms with Gasteiger partial charge in [-0.3, -0.25) is 4.68 Å². The van der Waals surface area contributed by atoms with E-state index in [0.717, 1.165) is 58.0 Å². The number of ether oxygens (including phenoxy) is 2. The van der Waals surface area contributed by atoms with Gasteiger partial charge in [-0.05, 0) is 38.8 Å². The molecular weight excluding hydrogens is 254 g/mol. The first-order valence-electron chi connectivity index (χ1n) is 7.51. The Labute approximate surface area is 122 Å². The van der Waals surface area contributed by atoms with Crippen LogP contribution < -0.4 is 5.32 Å². The maximum atomic E-state index is 5.53. The van der Waals surface area contributed by atoms with E-state index in [4.69, 9.17) is 9.47 Å². The van der Waals surface area contributed by atoms with Crippen molar-refractivity contribution in [3.63, 3.8) is 0 Å². The monoisotopic (exact) mass is 283 g/mol. The lowest BCUT2D eigenvalue weighted by Gasteiger charge is -2.07. The molecule has 0 unspecified atom stereocenters. The van der Waals surface area contributed by atoms with Gasteiger partial charge in [0.25, 0.3) is 0 Å². The summed E-state index contributed by atoms with van der Waals surface area (Å²) in [5.41, 5.74) is 3.74. The fourth-order valence-corrected chi connectivity index (χ4v) is 2.22. The number of aromatic nitrogens is 2. The zero-order chi connectivity index (χ0) is 14.8. The Hall–Kier alpha value is -0.910. The minimum absolute atomic E-state index is 0.737. The highest BCUT2D eigenvalue weighted by molar-refractivity contribution is 5.24. The van der Waals surface area contributed by atoms with Crippen LogP contribution in [0.15, 0.2) is 0 Å². The molecule has 0 atom stereocenters. The van der Waals surface area contributed by atoms with Gasteiger partial charge in [0.2, 0.25) is 0 Å². The zero-order valence-corrected chi connectivity index (χ0v) is 13.4. The summed E-state index contributed by atoms with van der Waals surface area (Å²) in [6, 6.07) is 0. The number of hydrogen-bond donors (Lipinski definition) is 1. The second-order valence-electron chi connectivity index (χ2n) is 4.98. The molecule has 0 saturated carbocycles. The van der Waals surface area contributed by atoms with Crippen LogP contribution in [0.5, 0.6) is 0 Å². The van der Waals surface area contributed by atoms with Gasteiger partial charge >= 0.3 is 0 Å². The summed E-state index contributed by atoms with van der Waals surface area (Å²) >= 11 is 0.